The molecule has 1 heterocycles. The molecule has 1 aliphatic rings. The monoisotopic (exact) mass is 642 g/mol. The zero-order chi connectivity index (χ0) is 31.9. The first-order valence-electron chi connectivity index (χ1n) is 17.7. The van der Waals surface area contributed by atoms with Crippen LogP contribution in [0, 0.1) is 13.8 Å². The molecule has 0 spiro atoms. The third-order valence-electron chi connectivity index (χ3n) is 8.21. The first kappa shape index (κ1) is 42.0. The van der Waals surface area contributed by atoms with Crippen molar-refractivity contribution in [1.82, 2.24) is 0 Å². The number of hydrogen-bond acceptors (Lipinski definition) is 0. The molecule has 0 saturated carbocycles. The van der Waals surface area contributed by atoms with Gasteiger partial charge in [-0.15, -0.1) is 0 Å². The van der Waals surface area contributed by atoms with Crippen LogP contribution in [0.15, 0.2) is 59.7 Å². The minimum Gasteiger partial charge on any atom is -0.493 e. The van der Waals surface area contributed by atoms with E-state index in [1.165, 1.54) is 98.5 Å². The average Bonchev–Trinajstić information content (AvgIpc) is 3.33. The molecule has 0 atom stereocenters. The van der Waals surface area contributed by atoms with E-state index in [1.807, 2.05) is 0 Å². The van der Waals surface area contributed by atoms with E-state index < -0.39 is 0 Å². The van der Waals surface area contributed by atoms with Gasteiger partial charge in [0.1, 0.15) is 0 Å². The summed E-state index contributed by atoms with van der Waals surface area (Å²) in [7, 11) is 0. The minimum absolute atomic E-state index is 0. The van der Waals surface area contributed by atoms with E-state index in [0.717, 1.165) is 55.5 Å². The van der Waals surface area contributed by atoms with E-state index in [4.69, 9.17) is 0 Å². The van der Waals surface area contributed by atoms with Gasteiger partial charge in [0.05, 0.1) is 0 Å². The number of hydrogen-bond donors (Lipinski definition) is 0. The Bertz CT molecular complexity index is 1110. The van der Waals surface area contributed by atoms with Crippen LogP contribution >= 0.6 is 0 Å². The molecule has 0 bridgehead atoms. The first-order chi connectivity index (χ1) is 21.1. The Morgan fingerprint density at radius 1 is 0.500 bits per heavy atom. The fourth-order valence-electron chi connectivity index (χ4n) is 5.95. The van der Waals surface area contributed by atoms with Crippen molar-refractivity contribution in [3.63, 3.8) is 0 Å². The van der Waals surface area contributed by atoms with E-state index in [-0.39, 0.29) is 16.5 Å². The van der Waals surface area contributed by atoms with Gasteiger partial charge < -0.3 is 19.4 Å². The number of aryl methyl sites for hydroxylation is 2. The van der Waals surface area contributed by atoms with Crippen molar-refractivity contribution >= 4 is 11.4 Å². The molecule has 0 aliphatic carbocycles. The molecular weight excluding hydrogens is 579 g/mol. The second-order valence-corrected chi connectivity index (χ2v) is 11.5. The third kappa shape index (κ3) is 13.6. The van der Waals surface area contributed by atoms with Crippen molar-refractivity contribution in [2.45, 2.75) is 151 Å². The second-order valence-electron chi connectivity index (χ2n) is 11.5. The predicted octanol–water partition coefficient (Wildman–Crippen LogP) is 13.6. The SMILES string of the molecule is CCCCCCC1=C(c2cccc(CCCCCC)c2)[N+](=[N-])C(c2cccc(CCCCC)c2)=C1CCCC.[CH2-]C.[CH2-]C.[Ni+2]. The molecule has 1 aliphatic heterocycles. The predicted molar refractivity (Wildman–Crippen MR) is 192 cm³/mol. The van der Waals surface area contributed by atoms with Crippen LogP contribution in [0.5, 0.6) is 0 Å². The zero-order valence-corrected chi connectivity index (χ0v) is 30.3. The molecule has 0 amide bonds. The Balaban J connectivity index is 0.00000355. The maximum absolute atomic E-state index is 12.0. The number of unbranched alkanes of at least 4 members (excludes halogenated alkanes) is 9. The second kappa shape index (κ2) is 26.3. The molecular formula is C41H64N2Ni. The standard InChI is InChI=1S/C37H54N2.2C2H5.Ni/c1-5-9-13-16-21-31-23-19-25-33(29-31)37-35(27-17-14-10-6-2)34(26-12-8-4)36(39(37)38)32-24-18-22-30(28-32)20-15-11-7-3;2*1-2;/h18-19,22-25,28-29H,5-17,20-21,26-27H2,1-4H3;2*1H2,2H3;/q;2*-1;+2. The number of allylic oxidation sites excluding steroid dienone is 2. The smallest absolute Gasteiger partial charge is 0.493 e. The molecule has 44 heavy (non-hydrogen) atoms. The molecule has 0 radical (unpaired) electrons. The third-order valence-corrected chi connectivity index (χ3v) is 8.21. The van der Waals surface area contributed by atoms with Crippen LogP contribution in [0.25, 0.3) is 16.9 Å². The number of rotatable bonds is 19. The zero-order valence-electron chi connectivity index (χ0n) is 29.3. The molecule has 3 rings (SSSR count). The van der Waals surface area contributed by atoms with Gasteiger partial charge in [-0.05, 0) is 86.8 Å². The molecule has 0 fully saturated rings. The Morgan fingerprint density at radius 3 is 1.30 bits per heavy atom. The van der Waals surface area contributed by atoms with E-state index in [9.17, 15) is 5.53 Å². The van der Waals surface area contributed by atoms with Crippen LogP contribution in [0.1, 0.15) is 160 Å². The van der Waals surface area contributed by atoms with Gasteiger partial charge in [0, 0.05) is 22.3 Å². The van der Waals surface area contributed by atoms with Gasteiger partial charge >= 0.3 is 16.5 Å². The van der Waals surface area contributed by atoms with Gasteiger partial charge in [0.25, 0.3) is 0 Å². The minimum atomic E-state index is 0. The van der Waals surface area contributed by atoms with Gasteiger partial charge in [-0.1, -0.05) is 110 Å². The van der Waals surface area contributed by atoms with Gasteiger partial charge in [0.15, 0.2) is 0 Å². The van der Waals surface area contributed by atoms with Crippen molar-refractivity contribution in [2.24, 2.45) is 0 Å². The Morgan fingerprint density at radius 2 is 0.864 bits per heavy atom. The van der Waals surface area contributed by atoms with Crippen molar-refractivity contribution in [1.29, 1.82) is 0 Å². The van der Waals surface area contributed by atoms with E-state index in [0.29, 0.717) is 0 Å². The van der Waals surface area contributed by atoms with Crippen LogP contribution in [0.3, 0.4) is 0 Å². The molecule has 0 N–H and O–H groups in total. The molecule has 0 aromatic heterocycles. The molecule has 2 aromatic rings. The Hall–Kier alpha value is -1.99. The van der Waals surface area contributed by atoms with Gasteiger partial charge in [-0.25, -0.2) is 4.70 Å². The molecule has 2 aromatic carbocycles. The molecule has 0 saturated heterocycles. The Labute approximate surface area is 283 Å². The largest absolute Gasteiger partial charge is 2.00 e. The quantitative estimate of drug-likeness (QED) is 0.0630. The summed E-state index contributed by atoms with van der Waals surface area (Å²) >= 11 is 0. The summed E-state index contributed by atoms with van der Waals surface area (Å²) in [4.78, 5) is 0. The van der Waals surface area contributed by atoms with Crippen LogP contribution in [-0.4, -0.2) is 4.70 Å². The average molecular weight is 644 g/mol. The maximum Gasteiger partial charge on any atom is 2.00 e. The van der Waals surface area contributed by atoms with Crippen LogP contribution in [0.4, 0.5) is 0 Å². The summed E-state index contributed by atoms with van der Waals surface area (Å²) in [5.41, 5.74) is 21.8. The summed E-state index contributed by atoms with van der Waals surface area (Å²) < 4.78 is 1.57. The fraction of sp³-hybridized carbons (Fsp3) is 0.561. The molecule has 0 unspecified atom stereocenters. The van der Waals surface area contributed by atoms with Crippen LogP contribution < -0.4 is 0 Å². The topological polar surface area (TPSA) is 25.3 Å². The van der Waals surface area contributed by atoms with Gasteiger partial charge in [-0.2, -0.15) is 13.8 Å². The van der Waals surface area contributed by atoms with Gasteiger partial charge in [0.2, 0.25) is 11.4 Å². The summed E-state index contributed by atoms with van der Waals surface area (Å²) in [6, 6.07) is 18.0. The van der Waals surface area contributed by atoms with Crippen molar-refractivity contribution in [3.05, 3.63) is 101 Å². The molecule has 2 nitrogen and oxygen atoms in total. The fourth-order valence-corrected chi connectivity index (χ4v) is 5.95. The number of benzene rings is 2. The van der Waals surface area contributed by atoms with E-state index >= 15 is 0 Å². The first-order valence-corrected chi connectivity index (χ1v) is 17.7. The maximum atomic E-state index is 12.0. The number of nitrogens with zero attached hydrogens (tertiary/aromatic N) is 2. The Kier molecular flexibility index (Phi) is 25.1. The van der Waals surface area contributed by atoms with E-state index in [2.05, 4.69) is 90.1 Å². The normalized spacial score (nSPS) is 12.4. The van der Waals surface area contributed by atoms with Crippen molar-refractivity contribution in [2.75, 3.05) is 0 Å². The summed E-state index contributed by atoms with van der Waals surface area (Å²) in [5.74, 6) is 0. The van der Waals surface area contributed by atoms with E-state index in [1.54, 1.807) is 18.5 Å². The van der Waals surface area contributed by atoms with Crippen LogP contribution in [-0.2, 0) is 29.3 Å². The molecule has 3 heteroatoms. The molecule has 248 valence electrons. The summed E-state index contributed by atoms with van der Waals surface area (Å²) in [6.45, 7) is 19.1. The summed E-state index contributed by atoms with van der Waals surface area (Å²) in [5, 5.41) is 0. The van der Waals surface area contributed by atoms with Crippen molar-refractivity contribution in [3.8, 4) is 0 Å². The van der Waals surface area contributed by atoms with Gasteiger partial charge in [-0.3, -0.25) is 0 Å². The van der Waals surface area contributed by atoms with Crippen LogP contribution in [0.2, 0.25) is 0 Å². The van der Waals surface area contributed by atoms with Crippen molar-refractivity contribution < 1.29 is 21.2 Å². The summed E-state index contributed by atoms with van der Waals surface area (Å²) in [6.07, 6.45) is 20.4.